The minimum Gasteiger partial charge on any atom is -0.466 e. The average molecular weight is 475 g/mol. The molecule has 0 N–H and O–H groups in total. The summed E-state index contributed by atoms with van der Waals surface area (Å²) in [5, 5.41) is 2.61. The highest BCUT2D eigenvalue weighted by atomic mass is 35.5. The van der Waals surface area contributed by atoms with Crippen molar-refractivity contribution in [2.24, 2.45) is 4.99 Å². The van der Waals surface area contributed by atoms with Crippen molar-refractivity contribution in [3.05, 3.63) is 114 Å². The Labute approximate surface area is 198 Å². The van der Waals surface area contributed by atoms with Crippen molar-refractivity contribution in [3.63, 3.8) is 0 Å². The molecule has 1 atom stereocenters. The second-order valence-corrected chi connectivity index (χ2v) is 9.08. The molecule has 0 radical (unpaired) electrons. The Bertz CT molecular complexity index is 1630. The summed E-state index contributed by atoms with van der Waals surface area (Å²) in [4.78, 5) is 31.5. The molecule has 2 heterocycles. The number of carbonyl (C=O) groups is 1. The molecular formula is C26H19ClN2O3S. The molecule has 164 valence electrons. The number of ether oxygens (including phenoxy) is 1. The summed E-state index contributed by atoms with van der Waals surface area (Å²) in [6, 6.07) is 20.5. The van der Waals surface area contributed by atoms with Crippen LogP contribution in [0, 0.1) is 0 Å². The van der Waals surface area contributed by atoms with E-state index in [1.165, 1.54) is 18.4 Å². The van der Waals surface area contributed by atoms with Crippen molar-refractivity contribution < 1.29 is 9.53 Å². The lowest BCUT2D eigenvalue weighted by molar-refractivity contribution is -0.136. The Morgan fingerprint density at radius 3 is 2.61 bits per heavy atom. The lowest BCUT2D eigenvalue weighted by atomic mass is 9.96. The van der Waals surface area contributed by atoms with Crippen molar-refractivity contribution in [1.29, 1.82) is 0 Å². The summed E-state index contributed by atoms with van der Waals surface area (Å²) in [5.74, 6) is -0.537. The highest BCUT2D eigenvalue weighted by molar-refractivity contribution is 7.07. The molecule has 5 rings (SSSR count). The number of halogens is 1. The van der Waals surface area contributed by atoms with Crippen LogP contribution >= 0.6 is 22.9 Å². The molecular weight excluding hydrogens is 456 g/mol. The molecule has 0 aliphatic carbocycles. The van der Waals surface area contributed by atoms with E-state index in [-0.39, 0.29) is 5.56 Å². The van der Waals surface area contributed by atoms with E-state index in [4.69, 9.17) is 16.3 Å². The molecule has 5 nitrogen and oxygen atoms in total. The predicted octanol–water partition coefficient (Wildman–Crippen LogP) is 4.21. The summed E-state index contributed by atoms with van der Waals surface area (Å²) in [6.07, 6.45) is 1.88. The van der Waals surface area contributed by atoms with Gasteiger partial charge in [0.05, 0.1) is 22.9 Å². The topological polar surface area (TPSA) is 60.7 Å². The van der Waals surface area contributed by atoms with E-state index in [0.29, 0.717) is 31.2 Å². The van der Waals surface area contributed by atoms with Gasteiger partial charge in [-0.1, -0.05) is 83.6 Å². The van der Waals surface area contributed by atoms with E-state index in [1.54, 1.807) is 17.6 Å². The van der Waals surface area contributed by atoms with Crippen LogP contribution in [0.5, 0.6) is 0 Å². The molecule has 0 fully saturated rings. The number of carbonyl (C=O) groups excluding carboxylic acids is 1. The first-order chi connectivity index (χ1) is 16.0. The Hall–Kier alpha value is -3.48. The highest BCUT2D eigenvalue weighted by Crippen LogP contribution is 2.34. The number of esters is 1. The zero-order valence-electron chi connectivity index (χ0n) is 17.9. The van der Waals surface area contributed by atoms with Crippen LogP contribution in [0.1, 0.15) is 24.1 Å². The highest BCUT2D eigenvalue weighted by Gasteiger charge is 2.34. The maximum atomic E-state index is 13.7. The van der Waals surface area contributed by atoms with Gasteiger partial charge in [0.1, 0.15) is 6.04 Å². The zero-order chi connectivity index (χ0) is 23.1. The molecule has 0 bridgehead atoms. The van der Waals surface area contributed by atoms with Gasteiger partial charge in [-0.3, -0.25) is 9.36 Å². The van der Waals surface area contributed by atoms with E-state index in [0.717, 1.165) is 16.3 Å². The van der Waals surface area contributed by atoms with Gasteiger partial charge in [0.2, 0.25) is 0 Å². The van der Waals surface area contributed by atoms with E-state index < -0.39 is 12.0 Å². The number of methoxy groups -OCH3 is 1. The minimum absolute atomic E-state index is 0.231. The summed E-state index contributed by atoms with van der Waals surface area (Å²) < 4.78 is 7.11. The summed E-state index contributed by atoms with van der Waals surface area (Å²) in [5.41, 5.74) is 2.16. The number of fused-ring (bicyclic) bond motifs is 2. The Kier molecular flexibility index (Phi) is 5.48. The van der Waals surface area contributed by atoms with Crippen molar-refractivity contribution in [2.75, 3.05) is 7.11 Å². The van der Waals surface area contributed by atoms with E-state index in [2.05, 4.69) is 4.99 Å². The van der Waals surface area contributed by atoms with Gasteiger partial charge in [0.25, 0.3) is 5.56 Å². The normalized spacial score (nSPS) is 16.0. The number of aromatic nitrogens is 1. The SMILES string of the molecule is COC(=O)C1=C(C)N=c2s/c(=C\c3cccc4ccccc34)c(=O)n2[C@H]1c1ccccc1Cl. The fourth-order valence-corrected chi connectivity index (χ4v) is 5.48. The molecule has 0 saturated carbocycles. The van der Waals surface area contributed by atoms with Gasteiger partial charge in [-0.2, -0.15) is 0 Å². The second kappa shape index (κ2) is 8.46. The molecule has 1 aliphatic heterocycles. The summed E-state index contributed by atoms with van der Waals surface area (Å²) in [7, 11) is 1.32. The fourth-order valence-electron chi connectivity index (χ4n) is 4.20. The van der Waals surface area contributed by atoms with E-state index in [1.807, 2.05) is 66.7 Å². The lowest BCUT2D eigenvalue weighted by Gasteiger charge is -2.25. The van der Waals surface area contributed by atoms with Crippen molar-refractivity contribution in [1.82, 2.24) is 4.57 Å². The quantitative estimate of drug-likeness (QED) is 0.418. The third-order valence-electron chi connectivity index (χ3n) is 5.74. The zero-order valence-corrected chi connectivity index (χ0v) is 19.5. The van der Waals surface area contributed by atoms with Gasteiger partial charge in [0, 0.05) is 5.02 Å². The third kappa shape index (κ3) is 3.61. The first kappa shape index (κ1) is 21.4. The maximum absolute atomic E-state index is 13.7. The van der Waals surface area contributed by atoms with Gasteiger partial charge in [0.15, 0.2) is 4.80 Å². The molecule has 3 aromatic carbocycles. The Morgan fingerprint density at radius 1 is 1.09 bits per heavy atom. The first-order valence-corrected chi connectivity index (χ1v) is 11.5. The van der Waals surface area contributed by atoms with Crippen LogP contribution in [0.3, 0.4) is 0 Å². The third-order valence-corrected chi connectivity index (χ3v) is 7.06. The van der Waals surface area contributed by atoms with Gasteiger partial charge in [-0.15, -0.1) is 0 Å². The van der Waals surface area contributed by atoms with Crippen LogP contribution in [-0.4, -0.2) is 17.6 Å². The Morgan fingerprint density at radius 2 is 1.82 bits per heavy atom. The number of thiazole rings is 1. The molecule has 1 aromatic heterocycles. The monoisotopic (exact) mass is 474 g/mol. The number of hydrogen-bond acceptors (Lipinski definition) is 5. The van der Waals surface area contributed by atoms with Crippen LogP contribution in [0.15, 0.2) is 87.8 Å². The largest absolute Gasteiger partial charge is 0.466 e. The first-order valence-electron chi connectivity index (χ1n) is 10.3. The van der Waals surface area contributed by atoms with Crippen molar-refractivity contribution >= 4 is 45.8 Å². The van der Waals surface area contributed by atoms with Crippen molar-refractivity contribution in [2.45, 2.75) is 13.0 Å². The average Bonchev–Trinajstić information content (AvgIpc) is 3.13. The fraction of sp³-hybridized carbons (Fsp3) is 0.115. The molecule has 0 spiro atoms. The molecule has 1 aliphatic rings. The number of allylic oxidation sites excluding steroid dienone is 1. The van der Waals surface area contributed by atoms with E-state index in [9.17, 15) is 9.59 Å². The standard InChI is InChI=1S/C26H19ClN2O3S/c1-15-22(25(31)32-2)23(19-12-5-6-13-20(19)27)29-24(30)21(33-26(29)28-15)14-17-10-7-9-16-8-3-4-11-18(16)17/h3-14,23H,1-2H3/b21-14-/t23-/m0/s1. The van der Waals surface area contributed by atoms with Gasteiger partial charge >= 0.3 is 5.97 Å². The molecule has 7 heteroatoms. The van der Waals surface area contributed by atoms with Gasteiger partial charge < -0.3 is 4.74 Å². The predicted molar refractivity (Wildman–Crippen MR) is 131 cm³/mol. The van der Waals surface area contributed by atoms with Gasteiger partial charge in [-0.05, 0) is 41.0 Å². The molecule has 33 heavy (non-hydrogen) atoms. The second-order valence-electron chi connectivity index (χ2n) is 7.66. The lowest BCUT2D eigenvalue weighted by Crippen LogP contribution is -2.39. The maximum Gasteiger partial charge on any atom is 0.338 e. The van der Waals surface area contributed by atoms with Crippen LogP contribution < -0.4 is 14.9 Å². The summed E-state index contributed by atoms with van der Waals surface area (Å²) >= 11 is 7.81. The number of hydrogen-bond donors (Lipinski definition) is 0. The number of nitrogens with zero attached hydrogens (tertiary/aromatic N) is 2. The molecule has 0 saturated heterocycles. The minimum atomic E-state index is -0.725. The number of rotatable bonds is 3. The number of benzene rings is 3. The van der Waals surface area contributed by atoms with Crippen LogP contribution in [0.2, 0.25) is 5.02 Å². The smallest absolute Gasteiger partial charge is 0.338 e. The van der Waals surface area contributed by atoms with Crippen LogP contribution in [0.4, 0.5) is 0 Å². The molecule has 0 unspecified atom stereocenters. The molecule has 4 aromatic rings. The van der Waals surface area contributed by atoms with Crippen molar-refractivity contribution in [3.8, 4) is 0 Å². The van der Waals surface area contributed by atoms with Gasteiger partial charge in [-0.25, -0.2) is 9.79 Å². The summed E-state index contributed by atoms with van der Waals surface area (Å²) in [6.45, 7) is 1.75. The van der Waals surface area contributed by atoms with E-state index >= 15 is 0 Å². The molecule has 0 amide bonds. The Balaban J connectivity index is 1.79. The van der Waals surface area contributed by atoms with Crippen LogP contribution in [0.25, 0.3) is 16.8 Å². The van der Waals surface area contributed by atoms with Crippen LogP contribution in [-0.2, 0) is 9.53 Å².